The molecule has 0 radical (unpaired) electrons. The molecule has 96 heavy (non-hydrogen) atoms. The number of carbonyl (C=O) groups is 4. The van der Waals surface area contributed by atoms with Crippen molar-refractivity contribution in [1.82, 2.24) is 0 Å². The first kappa shape index (κ1) is 92.8. The van der Waals surface area contributed by atoms with Gasteiger partial charge in [-0.15, -0.1) is 0 Å². The molecule has 17 nitrogen and oxygen atoms in total. The summed E-state index contributed by atoms with van der Waals surface area (Å²) < 4.78 is 68.4. The van der Waals surface area contributed by atoms with E-state index >= 15 is 0 Å². The third-order valence-corrected chi connectivity index (χ3v) is 18.3. The van der Waals surface area contributed by atoms with Crippen LogP contribution in [0.5, 0.6) is 0 Å². The zero-order valence-corrected chi connectivity index (χ0v) is 62.8. The Hall–Kier alpha value is -3.24. The highest BCUT2D eigenvalue weighted by Crippen LogP contribution is 2.45. The fraction of sp³-hybridized carbons (Fsp3) is 0.818. The monoisotopic (exact) mass is 1400 g/mol. The Morgan fingerprint density at radius 2 is 0.531 bits per heavy atom. The van der Waals surface area contributed by atoms with Gasteiger partial charge in [-0.25, -0.2) is 9.13 Å². The van der Waals surface area contributed by atoms with Gasteiger partial charge >= 0.3 is 39.5 Å². The van der Waals surface area contributed by atoms with Crippen molar-refractivity contribution in [2.24, 2.45) is 0 Å². The van der Waals surface area contributed by atoms with Gasteiger partial charge in [0.15, 0.2) is 12.2 Å². The van der Waals surface area contributed by atoms with Gasteiger partial charge in [-0.3, -0.25) is 37.3 Å². The molecule has 0 aliphatic rings. The van der Waals surface area contributed by atoms with Crippen molar-refractivity contribution in [3.63, 3.8) is 0 Å². The van der Waals surface area contributed by atoms with Crippen molar-refractivity contribution in [1.29, 1.82) is 0 Å². The Morgan fingerprint density at radius 1 is 0.292 bits per heavy atom. The van der Waals surface area contributed by atoms with Crippen LogP contribution in [0.2, 0.25) is 0 Å². The summed E-state index contributed by atoms with van der Waals surface area (Å²) in [5.41, 5.74) is 0. The number of carbonyl (C=O) groups excluding carboxylic acids is 4. The Bertz CT molecular complexity index is 2060. The fourth-order valence-electron chi connectivity index (χ4n) is 10.5. The molecule has 0 spiro atoms. The van der Waals surface area contributed by atoms with Gasteiger partial charge in [0.2, 0.25) is 0 Å². The summed E-state index contributed by atoms with van der Waals surface area (Å²) in [5.74, 6) is -2.19. The molecular weight excluding hydrogens is 1260 g/mol. The smallest absolute Gasteiger partial charge is 0.462 e. The van der Waals surface area contributed by atoms with Gasteiger partial charge in [-0.2, -0.15) is 0 Å². The highest BCUT2D eigenvalue weighted by molar-refractivity contribution is 7.47. The largest absolute Gasteiger partial charge is 0.472 e. The Balaban J connectivity index is 5.33. The van der Waals surface area contributed by atoms with Gasteiger partial charge in [0.25, 0.3) is 0 Å². The minimum atomic E-state index is -4.97. The molecule has 0 aromatic heterocycles. The summed E-state index contributed by atoms with van der Waals surface area (Å²) in [7, 11) is -9.94. The minimum absolute atomic E-state index is 0.0803. The number of ether oxygens (including phenoxy) is 4. The predicted molar refractivity (Wildman–Crippen MR) is 390 cm³/mol. The standard InChI is InChI=1S/C77H140O17P2/c1-5-9-13-17-21-25-29-33-35-39-41-45-49-53-57-61-74(79)87-67-72(93-76(81)63-59-55-51-47-43-37-31-27-23-19-15-11-7-3)69-91-95(83,84)89-65-71(78)66-90-96(85,86)92-70-73(94-77(82)64-60-56-52-48-44-38-32-28-24-20-16-12-8-4)68-88-75(80)62-58-54-50-46-42-40-36-34-30-26-22-18-14-10-6-2/h15,19,27-28,31-36,71-73,78H,5-14,16-18,20-26,29-30,37-70H2,1-4H3,(H,83,84)(H,85,86)/b19-15-,31-27-,32-28-,35-33-,36-34-. The summed E-state index contributed by atoms with van der Waals surface area (Å²) >= 11 is 0. The number of phosphoric ester groups is 2. The van der Waals surface area contributed by atoms with E-state index in [0.717, 1.165) is 167 Å². The van der Waals surface area contributed by atoms with Gasteiger partial charge in [-0.1, -0.05) is 255 Å². The van der Waals surface area contributed by atoms with Crippen LogP contribution in [0.4, 0.5) is 0 Å². The van der Waals surface area contributed by atoms with Crippen LogP contribution in [0.15, 0.2) is 60.8 Å². The lowest BCUT2D eigenvalue weighted by molar-refractivity contribution is -0.161. The topological polar surface area (TPSA) is 237 Å². The molecule has 0 aliphatic carbocycles. The van der Waals surface area contributed by atoms with Crippen LogP contribution in [0.25, 0.3) is 0 Å². The molecule has 0 aliphatic heterocycles. The molecule has 0 heterocycles. The highest BCUT2D eigenvalue weighted by Gasteiger charge is 2.30. The van der Waals surface area contributed by atoms with E-state index in [2.05, 4.69) is 88.5 Å². The van der Waals surface area contributed by atoms with E-state index in [0.29, 0.717) is 25.7 Å². The van der Waals surface area contributed by atoms with E-state index in [1.54, 1.807) is 0 Å². The lowest BCUT2D eigenvalue weighted by Crippen LogP contribution is -2.30. The average molecular weight is 1400 g/mol. The Labute approximate surface area is 584 Å². The molecule has 0 bridgehead atoms. The molecule has 0 aromatic rings. The Kier molecular flexibility index (Phi) is 67.8. The normalized spacial score (nSPS) is 14.3. The lowest BCUT2D eigenvalue weighted by Gasteiger charge is -2.21. The average Bonchev–Trinajstić information content (AvgIpc) is 1.15. The number of hydrogen-bond acceptors (Lipinski definition) is 15. The van der Waals surface area contributed by atoms with Crippen molar-refractivity contribution in [2.45, 2.75) is 367 Å². The number of esters is 4. The molecular formula is C77H140O17P2. The van der Waals surface area contributed by atoms with Gasteiger partial charge in [-0.05, 0) is 128 Å². The van der Waals surface area contributed by atoms with Crippen molar-refractivity contribution in [3.8, 4) is 0 Å². The molecule has 0 fully saturated rings. The van der Waals surface area contributed by atoms with Crippen LogP contribution >= 0.6 is 15.6 Å². The molecule has 0 saturated heterocycles. The second-order valence-corrected chi connectivity index (χ2v) is 28.8. The van der Waals surface area contributed by atoms with Crippen molar-refractivity contribution >= 4 is 39.5 Å². The maximum atomic E-state index is 13.1. The first-order valence-corrected chi connectivity index (χ1v) is 41.5. The predicted octanol–water partition coefficient (Wildman–Crippen LogP) is 21.9. The van der Waals surface area contributed by atoms with Crippen molar-refractivity contribution < 1.29 is 80.2 Å². The molecule has 5 atom stereocenters. The van der Waals surface area contributed by atoms with Crippen LogP contribution in [-0.4, -0.2) is 96.7 Å². The zero-order chi connectivity index (χ0) is 70.4. The summed E-state index contributed by atoms with van der Waals surface area (Å²) in [6, 6.07) is 0. The SMILES string of the molecule is CCC/C=C\C/C=C\CCCCCCCC(=O)OC(COC(=O)CCCCCCC/C=C\CCCCCCCC)COP(=O)(O)OCC(O)COP(=O)(O)OCC(COC(=O)CCCCCCC/C=C\CCCCCCCC)OC(=O)CCCCCCC/C=C\CCCCCC. The lowest BCUT2D eigenvalue weighted by atomic mass is 10.1. The summed E-state index contributed by atoms with van der Waals surface area (Å²) in [6.45, 7) is 4.79. The number of aliphatic hydroxyl groups excluding tert-OH is 1. The second-order valence-electron chi connectivity index (χ2n) is 25.9. The van der Waals surface area contributed by atoms with Crippen LogP contribution < -0.4 is 0 Å². The number of aliphatic hydroxyl groups is 1. The van der Waals surface area contributed by atoms with Gasteiger partial charge < -0.3 is 33.8 Å². The molecule has 0 amide bonds. The molecule has 5 unspecified atom stereocenters. The van der Waals surface area contributed by atoms with E-state index in [4.69, 9.17) is 37.0 Å². The summed E-state index contributed by atoms with van der Waals surface area (Å²) in [4.78, 5) is 72.8. The summed E-state index contributed by atoms with van der Waals surface area (Å²) in [6.07, 6.45) is 67.8. The summed E-state index contributed by atoms with van der Waals surface area (Å²) in [5, 5.41) is 10.6. The molecule has 3 N–H and O–H groups in total. The van der Waals surface area contributed by atoms with Crippen LogP contribution in [0.3, 0.4) is 0 Å². The quantitative estimate of drug-likeness (QED) is 0.0169. The number of allylic oxidation sites excluding steroid dienone is 10. The van der Waals surface area contributed by atoms with Gasteiger partial charge in [0.1, 0.15) is 19.3 Å². The number of unbranched alkanes of at least 4 members (excludes halogenated alkanes) is 37. The van der Waals surface area contributed by atoms with Crippen LogP contribution in [0.1, 0.15) is 349 Å². The minimum Gasteiger partial charge on any atom is -0.462 e. The number of hydrogen-bond donors (Lipinski definition) is 3. The number of rotatable bonds is 73. The molecule has 0 saturated carbocycles. The van der Waals surface area contributed by atoms with E-state index in [1.807, 2.05) is 0 Å². The van der Waals surface area contributed by atoms with Gasteiger partial charge in [0.05, 0.1) is 26.4 Å². The third kappa shape index (κ3) is 69.2. The first-order valence-electron chi connectivity index (χ1n) is 38.5. The van der Waals surface area contributed by atoms with E-state index in [1.165, 1.54) is 103 Å². The van der Waals surface area contributed by atoms with E-state index < -0.39 is 97.5 Å². The van der Waals surface area contributed by atoms with E-state index in [9.17, 15) is 43.2 Å². The second kappa shape index (κ2) is 70.2. The molecule has 0 aromatic carbocycles. The van der Waals surface area contributed by atoms with E-state index in [-0.39, 0.29) is 25.7 Å². The third-order valence-electron chi connectivity index (χ3n) is 16.4. The maximum Gasteiger partial charge on any atom is 0.472 e. The molecule has 19 heteroatoms. The van der Waals surface area contributed by atoms with Gasteiger partial charge in [0, 0.05) is 25.7 Å². The maximum absolute atomic E-state index is 13.1. The first-order chi connectivity index (χ1) is 46.7. The van der Waals surface area contributed by atoms with Crippen LogP contribution in [-0.2, 0) is 65.4 Å². The molecule has 0 rings (SSSR count). The fourth-order valence-corrected chi connectivity index (χ4v) is 12.1. The zero-order valence-electron chi connectivity index (χ0n) is 61.1. The molecule has 560 valence electrons. The van der Waals surface area contributed by atoms with Crippen molar-refractivity contribution in [3.05, 3.63) is 60.8 Å². The Morgan fingerprint density at radius 3 is 0.833 bits per heavy atom. The van der Waals surface area contributed by atoms with Crippen molar-refractivity contribution in [2.75, 3.05) is 39.6 Å². The number of phosphoric acid groups is 2. The van der Waals surface area contributed by atoms with Crippen LogP contribution in [0, 0.1) is 0 Å². The highest BCUT2D eigenvalue weighted by atomic mass is 31.2.